The van der Waals surface area contributed by atoms with Gasteiger partial charge in [-0.05, 0) is 30.7 Å². The first-order valence-electron chi connectivity index (χ1n) is 8.10. The van der Waals surface area contributed by atoms with Gasteiger partial charge in [0.1, 0.15) is 23.8 Å². The average Bonchev–Trinajstić information content (AvgIpc) is 3.15. The van der Waals surface area contributed by atoms with Crippen LogP contribution in [0.1, 0.15) is 11.3 Å². The number of rotatable bonds is 7. The summed E-state index contributed by atoms with van der Waals surface area (Å²) in [5.74, 6) is 1.48. The summed E-state index contributed by atoms with van der Waals surface area (Å²) in [4.78, 5) is 11.8. The Labute approximate surface area is 151 Å². The summed E-state index contributed by atoms with van der Waals surface area (Å²) in [7, 11) is 1.60. The van der Waals surface area contributed by atoms with E-state index in [9.17, 15) is 4.79 Å². The third-order valence-corrected chi connectivity index (χ3v) is 3.73. The van der Waals surface area contributed by atoms with E-state index < -0.39 is 5.97 Å². The Morgan fingerprint density at radius 3 is 2.77 bits per heavy atom. The molecule has 0 atom stereocenters. The molecule has 0 aliphatic rings. The number of ether oxygens (including phenoxy) is 3. The third-order valence-electron chi connectivity index (χ3n) is 3.73. The SMILES string of the molecule is COc1cccc(-c2cc(COC(=O)COc3ccccc3C)no2)c1. The third kappa shape index (κ3) is 4.42. The molecule has 0 bridgehead atoms. The van der Waals surface area contributed by atoms with Gasteiger partial charge in [-0.3, -0.25) is 0 Å². The second-order valence-corrected chi connectivity index (χ2v) is 5.63. The molecule has 6 nitrogen and oxygen atoms in total. The predicted molar refractivity (Wildman–Crippen MR) is 95.0 cm³/mol. The van der Waals surface area contributed by atoms with Crippen LogP contribution in [0.15, 0.2) is 59.1 Å². The molecule has 2 aromatic carbocycles. The van der Waals surface area contributed by atoms with E-state index in [0.29, 0.717) is 17.2 Å². The molecular formula is C20H19NO5. The first kappa shape index (κ1) is 17.5. The molecule has 1 aromatic heterocycles. The van der Waals surface area contributed by atoms with E-state index in [4.69, 9.17) is 18.7 Å². The maximum atomic E-state index is 11.8. The van der Waals surface area contributed by atoms with E-state index in [-0.39, 0.29) is 13.2 Å². The molecular weight excluding hydrogens is 334 g/mol. The van der Waals surface area contributed by atoms with Crippen molar-refractivity contribution in [3.05, 3.63) is 65.9 Å². The van der Waals surface area contributed by atoms with Crippen LogP contribution in [0.4, 0.5) is 0 Å². The van der Waals surface area contributed by atoms with Crippen LogP contribution in [-0.4, -0.2) is 24.8 Å². The summed E-state index contributed by atoms with van der Waals surface area (Å²) in [6, 6.07) is 16.6. The Bertz CT molecular complexity index is 887. The van der Waals surface area contributed by atoms with Gasteiger partial charge in [-0.25, -0.2) is 4.79 Å². The maximum absolute atomic E-state index is 11.8. The number of hydrogen-bond acceptors (Lipinski definition) is 6. The standard InChI is InChI=1S/C20H19NO5/c1-14-6-3-4-9-18(14)24-13-20(22)25-12-16-11-19(26-21-16)15-7-5-8-17(10-15)23-2/h3-11H,12-13H2,1-2H3. The molecule has 0 aliphatic carbocycles. The van der Waals surface area contributed by atoms with Crippen molar-refractivity contribution >= 4 is 5.97 Å². The minimum absolute atomic E-state index is 0.0173. The van der Waals surface area contributed by atoms with Crippen molar-refractivity contribution in [2.24, 2.45) is 0 Å². The fourth-order valence-electron chi connectivity index (χ4n) is 2.34. The van der Waals surface area contributed by atoms with Gasteiger partial charge >= 0.3 is 5.97 Å². The van der Waals surface area contributed by atoms with Crippen molar-refractivity contribution in [2.75, 3.05) is 13.7 Å². The number of aryl methyl sites for hydroxylation is 1. The lowest BCUT2D eigenvalue weighted by Crippen LogP contribution is -2.15. The highest BCUT2D eigenvalue weighted by Gasteiger charge is 2.11. The topological polar surface area (TPSA) is 70.8 Å². The fraction of sp³-hybridized carbons (Fsp3) is 0.200. The largest absolute Gasteiger partial charge is 0.497 e. The number of para-hydroxylation sites is 1. The molecule has 134 valence electrons. The summed E-state index contributed by atoms with van der Waals surface area (Å²) in [5, 5.41) is 3.92. The summed E-state index contributed by atoms with van der Waals surface area (Å²) < 4.78 is 21.1. The predicted octanol–water partition coefficient (Wildman–Crippen LogP) is 3.78. The average molecular weight is 353 g/mol. The van der Waals surface area contributed by atoms with Gasteiger partial charge in [-0.15, -0.1) is 0 Å². The van der Waals surface area contributed by atoms with E-state index in [1.807, 2.05) is 49.4 Å². The first-order valence-corrected chi connectivity index (χ1v) is 8.10. The van der Waals surface area contributed by atoms with Crippen LogP contribution in [0.5, 0.6) is 11.5 Å². The zero-order valence-electron chi connectivity index (χ0n) is 14.6. The second kappa shape index (κ2) is 8.20. The number of benzene rings is 2. The minimum Gasteiger partial charge on any atom is -0.497 e. The van der Waals surface area contributed by atoms with E-state index >= 15 is 0 Å². The second-order valence-electron chi connectivity index (χ2n) is 5.63. The molecule has 0 aliphatic heterocycles. The van der Waals surface area contributed by atoms with Crippen molar-refractivity contribution < 1.29 is 23.5 Å². The normalized spacial score (nSPS) is 10.4. The van der Waals surface area contributed by atoms with Crippen molar-refractivity contribution in [3.63, 3.8) is 0 Å². The van der Waals surface area contributed by atoms with Gasteiger partial charge in [-0.1, -0.05) is 35.5 Å². The minimum atomic E-state index is -0.473. The highest BCUT2D eigenvalue weighted by Crippen LogP contribution is 2.24. The highest BCUT2D eigenvalue weighted by molar-refractivity contribution is 5.71. The quantitative estimate of drug-likeness (QED) is 0.602. The highest BCUT2D eigenvalue weighted by atomic mass is 16.6. The van der Waals surface area contributed by atoms with Crippen molar-refractivity contribution in [3.8, 4) is 22.8 Å². The van der Waals surface area contributed by atoms with E-state index in [0.717, 1.165) is 16.9 Å². The summed E-state index contributed by atoms with van der Waals surface area (Å²) in [5.41, 5.74) is 2.31. The Morgan fingerprint density at radius 1 is 1.12 bits per heavy atom. The maximum Gasteiger partial charge on any atom is 0.344 e. The molecule has 0 saturated heterocycles. The number of nitrogens with zero attached hydrogens (tertiary/aromatic N) is 1. The van der Waals surface area contributed by atoms with Crippen LogP contribution in [0.2, 0.25) is 0 Å². The molecule has 0 N–H and O–H groups in total. The van der Waals surface area contributed by atoms with Crippen LogP contribution in [0.25, 0.3) is 11.3 Å². The van der Waals surface area contributed by atoms with Crippen molar-refractivity contribution in [1.29, 1.82) is 0 Å². The molecule has 3 aromatic rings. The molecule has 26 heavy (non-hydrogen) atoms. The van der Waals surface area contributed by atoms with E-state index in [2.05, 4.69) is 5.16 Å². The Kier molecular flexibility index (Phi) is 5.53. The lowest BCUT2D eigenvalue weighted by atomic mass is 10.1. The van der Waals surface area contributed by atoms with Crippen molar-refractivity contribution in [1.82, 2.24) is 5.16 Å². The monoisotopic (exact) mass is 353 g/mol. The van der Waals surface area contributed by atoms with Crippen LogP contribution < -0.4 is 9.47 Å². The number of methoxy groups -OCH3 is 1. The molecule has 0 radical (unpaired) electrons. The Hall–Kier alpha value is -3.28. The van der Waals surface area contributed by atoms with Gasteiger partial charge in [0.05, 0.1) is 7.11 Å². The smallest absolute Gasteiger partial charge is 0.344 e. The van der Waals surface area contributed by atoms with Gasteiger partial charge in [0.25, 0.3) is 0 Å². The molecule has 1 heterocycles. The van der Waals surface area contributed by atoms with Gasteiger partial charge in [0.15, 0.2) is 12.4 Å². The van der Waals surface area contributed by atoms with E-state index in [1.54, 1.807) is 19.2 Å². The van der Waals surface area contributed by atoms with Crippen LogP contribution in [0.3, 0.4) is 0 Å². The van der Waals surface area contributed by atoms with Crippen LogP contribution in [-0.2, 0) is 16.1 Å². The zero-order valence-corrected chi connectivity index (χ0v) is 14.6. The lowest BCUT2D eigenvalue weighted by molar-refractivity contribution is -0.147. The first-order chi connectivity index (χ1) is 12.7. The fourth-order valence-corrected chi connectivity index (χ4v) is 2.34. The zero-order chi connectivity index (χ0) is 18.4. The molecule has 0 amide bonds. The molecule has 0 unspecified atom stereocenters. The number of hydrogen-bond donors (Lipinski definition) is 0. The number of esters is 1. The molecule has 0 saturated carbocycles. The number of aromatic nitrogens is 1. The van der Waals surface area contributed by atoms with Gasteiger partial charge in [-0.2, -0.15) is 0 Å². The molecule has 6 heteroatoms. The summed E-state index contributed by atoms with van der Waals surface area (Å²) >= 11 is 0. The number of carbonyl (C=O) groups is 1. The Morgan fingerprint density at radius 2 is 1.96 bits per heavy atom. The molecule has 0 spiro atoms. The summed E-state index contributed by atoms with van der Waals surface area (Å²) in [6.07, 6.45) is 0. The molecule has 0 fully saturated rings. The van der Waals surface area contributed by atoms with Gasteiger partial charge in [0, 0.05) is 11.6 Å². The van der Waals surface area contributed by atoms with Crippen molar-refractivity contribution in [2.45, 2.75) is 13.5 Å². The lowest BCUT2D eigenvalue weighted by Gasteiger charge is -2.08. The van der Waals surface area contributed by atoms with Crippen LogP contribution in [0, 0.1) is 6.92 Å². The molecule has 3 rings (SSSR count). The summed E-state index contributed by atoms with van der Waals surface area (Å²) in [6.45, 7) is 1.77. The van der Waals surface area contributed by atoms with Gasteiger partial charge < -0.3 is 18.7 Å². The van der Waals surface area contributed by atoms with Gasteiger partial charge in [0.2, 0.25) is 0 Å². The van der Waals surface area contributed by atoms with E-state index in [1.165, 1.54) is 0 Å². The number of carbonyl (C=O) groups excluding carboxylic acids is 1. The Balaban J connectivity index is 1.53. The van der Waals surface area contributed by atoms with Crippen LogP contribution >= 0.6 is 0 Å².